The molecule has 17 aromatic carbocycles. The lowest BCUT2D eigenvalue weighted by Crippen LogP contribution is -2.29. The molecule has 0 atom stereocenters. The third-order valence-corrected chi connectivity index (χ3v) is 27.5. The van der Waals surface area contributed by atoms with Crippen molar-refractivity contribution in [1.29, 1.82) is 0 Å². The second-order valence-electron chi connectivity index (χ2n) is 30.3. The molecular formula is C107H66N2S2. The van der Waals surface area contributed by atoms with E-state index in [0.717, 1.165) is 56.4 Å². The van der Waals surface area contributed by atoms with E-state index in [4.69, 9.17) is 0 Å². The Morgan fingerprint density at radius 3 is 1.20 bits per heavy atom. The molecule has 0 N–H and O–H groups in total. The van der Waals surface area contributed by atoms with Crippen LogP contribution in [-0.2, 0) is 16.2 Å². The van der Waals surface area contributed by atoms with Gasteiger partial charge in [-0.05, 0) is 229 Å². The number of hydrogen-bond acceptors (Lipinski definition) is 4. The standard InChI is InChI=1S/C107H66N2S2/c1-4-31-72(32-5-1)105(73-33-6-2-7-34-73)93-64-71(55-60-83(93)84-61-58-77(65-94(84)105)109(74-35-8-3-9-36-74)97-50-26-48-92-100(97)104-102(87-43-17-23-52-99(87)111-104)106(92)88-44-18-12-38-79(88)80-39-13-19-45-89(80)106)70-30-24-29-69(63-70)67-53-56-75(57-54-67)108(96-49-25-28-68-27-10-11-37-78(68)96)76-59-62-85-95(66-76)107(101-86-42-16-22-51-98(86)110-103(85)101)90-46-20-14-40-81(90)82-41-15-21-47-91(82)107/h1-66H. The van der Waals surface area contributed by atoms with Gasteiger partial charge in [0.15, 0.2) is 0 Å². The summed E-state index contributed by atoms with van der Waals surface area (Å²) in [5, 5.41) is 5.05. The SMILES string of the molecule is c1ccc(N(c2ccc3c(c2)C(c2ccccc2)(c2ccccc2)c2cc(-c4cccc(-c5ccc(N(c6ccc7c(c6)C6(c8ccccc8-c8ccccc86)c6c-7sc7ccccc67)c6cccc7ccccc67)cc5)c4)ccc2-3)c2cccc3c2-c2sc4ccccc4c2C32c3ccccc3-c3ccccc32)cc1. The molecular weight excluding hydrogens is 1380 g/mol. The number of para-hydroxylation sites is 1. The fourth-order valence-corrected chi connectivity index (χ4v) is 23.5. The molecule has 0 radical (unpaired) electrons. The molecule has 24 rings (SSSR count). The molecule has 0 saturated heterocycles. The van der Waals surface area contributed by atoms with Crippen LogP contribution in [0, 0.1) is 0 Å². The molecule has 2 heterocycles. The molecule has 0 fully saturated rings. The van der Waals surface area contributed by atoms with Gasteiger partial charge < -0.3 is 9.80 Å². The number of thiophene rings is 2. The average molecular weight is 1440 g/mol. The van der Waals surface area contributed by atoms with E-state index >= 15 is 0 Å². The number of anilines is 6. The number of benzene rings is 17. The van der Waals surface area contributed by atoms with Crippen LogP contribution in [0.5, 0.6) is 0 Å². The van der Waals surface area contributed by atoms with Crippen LogP contribution in [0.15, 0.2) is 400 Å². The minimum atomic E-state index is -0.712. The molecule has 0 saturated carbocycles. The molecule has 0 bridgehead atoms. The lowest BCUT2D eigenvalue weighted by Gasteiger charge is -2.35. The lowest BCUT2D eigenvalue weighted by molar-refractivity contribution is 0.768. The molecule has 2 spiro atoms. The van der Waals surface area contributed by atoms with Gasteiger partial charge in [0.2, 0.25) is 0 Å². The summed E-state index contributed by atoms with van der Waals surface area (Å²) in [7, 11) is 0. The van der Waals surface area contributed by atoms with Crippen LogP contribution in [0.1, 0.15) is 66.8 Å². The van der Waals surface area contributed by atoms with Gasteiger partial charge in [0.25, 0.3) is 0 Å². The van der Waals surface area contributed by atoms with Gasteiger partial charge >= 0.3 is 0 Å². The summed E-state index contributed by atoms with van der Waals surface area (Å²) in [5.41, 5.74) is 35.7. The zero-order valence-electron chi connectivity index (χ0n) is 60.3. The number of rotatable bonds is 10. The van der Waals surface area contributed by atoms with Crippen molar-refractivity contribution in [2.75, 3.05) is 9.80 Å². The van der Waals surface area contributed by atoms with Crippen LogP contribution in [0.3, 0.4) is 0 Å². The highest BCUT2D eigenvalue weighted by molar-refractivity contribution is 7.23. The Kier molecular flexibility index (Phi) is 13.4. The third-order valence-electron chi connectivity index (χ3n) is 25.1. The van der Waals surface area contributed by atoms with E-state index < -0.39 is 16.2 Å². The first-order valence-corrected chi connectivity index (χ1v) is 40.2. The monoisotopic (exact) mass is 1440 g/mol. The Labute approximate surface area is 652 Å². The fraction of sp³-hybridized carbons (Fsp3) is 0.0280. The maximum atomic E-state index is 2.56. The predicted molar refractivity (Wildman–Crippen MR) is 465 cm³/mol. The number of nitrogens with zero attached hydrogens (tertiary/aromatic N) is 2. The van der Waals surface area contributed by atoms with Crippen LogP contribution in [0.4, 0.5) is 34.1 Å². The molecule has 19 aromatic rings. The molecule has 0 unspecified atom stereocenters. The molecule has 111 heavy (non-hydrogen) atoms. The molecule has 2 nitrogen and oxygen atoms in total. The van der Waals surface area contributed by atoms with Crippen molar-refractivity contribution in [3.63, 3.8) is 0 Å². The zero-order valence-corrected chi connectivity index (χ0v) is 61.9. The molecule has 2 aromatic heterocycles. The van der Waals surface area contributed by atoms with Crippen LogP contribution in [-0.4, -0.2) is 0 Å². The van der Waals surface area contributed by atoms with E-state index in [9.17, 15) is 0 Å². The first-order valence-electron chi connectivity index (χ1n) is 38.5. The highest BCUT2D eigenvalue weighted by Gasteiger charge is 2.56. The third kappa shape index (κ3) is 8.50. The summed E-state index contributed by atoms with van der Waals surface area (Å²) in [6, 6.07) is 152. The highest BCUT2D eigenvalue weighted by Crippen LogP contribution is 2.70. The molecule has 5 aliphatic carbocycles. The summed E-state index contributed by atoms with van der Waals surface area (Å²) in [4.78, 5) is 7.75. The molecule has 516 valence electrons. The van der Waals surface area contributed by atoms with Gasteiger partial charge in [-0.3, -0.25) is 0 Å². The van der Waals surface area contributed by atoms with Crippen molar-refractivity contribution in [2.45, 2.75) is 16.2 Å². The van der Waals surface area contributed by atoms with Crippen molar-refractivity contribution in [3.05, 3.63) is 467 Å². The smallest absolute Gasteiger partial charge is 0.0740 e. The van der Waals surface area contributed by atoms with E-state index in [1.54, 1.807) is 0 Å². The Morgan fingerprint density at radius 1 is 0.207 bits per heavy atom. The van der Waals surface area contributed by atoms with Crippen molar-refractivity contribution >= 4 is 87.7 Å². The summed E-state index contributed by atoms with van der Waals surface area (Å²) in [6.07, 6.45) is 0. The van der Waals surface area contributed by atoms with Gasteiger partial charge in [-0.1, -0.05) is 315 Å². The molecule has 5 aliphatic rings. The van der Waals surface area contributed by atoms with E-state index in [1.807, 2.05) is 22.7 Å². The summed E-state index contributed by atoms with van der Waals surface area (Å²) in [5.74, 6) is 0. The van der Waals surface area contributed by atoms with Crippen molar-refractivity contribution < 1.29 is 0 Å². The first kappa shape index (κ1) is 62.5. The Hall–Kier alpha value is -13.5. The topological polar surface area (TPSA) is 6.48 Å². The van der Waals surface area contributed by atoms with Crippen LogP contribution in [0.2, 0.25) is 0 Å². The average Bonchev–Trinajstić information content (AvgIpc) is 1.51. The second kappa shape index (κ2) is 23.8. The quantitative estimate of drug-likeness (QED) is 0.135. The normalized spacial score (nSPS) is 14.0. The van der Waals surface area contributed by atoms with Gasteiger partial charge in [-0.2, -0.15) is 0 Å². The van der Waals surface area contributed by atoms with Crippen molar-refractivity contribution in [1.82, 2.24) is 0 Å². The second-order valence-corrected chi connectivity index (χ2v) is 32.4. The fourth-order valence-electron chi connectivity index (χ4n) is 20.8. The summed E-state index contributed by atoms with van der Waals surface area (Å²) >= 11 is 3.87. The first-order chi connectivity index (χ1) is 55.1. The van der Waals surface area contributed by atoms with E-state index in [-0.39, 0.29) is 0 Å². The van der Waals surface area contributed by atoms with E-state index in [0.29, 0.717) is 0 Å². The van der Waals surface area contributed by atoms with Crippen LogP contribution in [0.25, 0.3) is 107 Å². The summed E-state index contributed by atoms with van der Waals surface area (Å²) in [6.45, 7) is 0. The van der Waals surface area contributed by atoms with Crippen molar-refractivity contribution in [3.8, 4) is 76.5 Å². The largest absolute Gasteiger partial charge is 0.310 e. The van der Waals surface area contributed by atoms with Gasteiger partial charge in [0.05, 0.1) is 27.6 Å². The Morgan fingerprint density at radius 2 is 0.586 bits per heavy atom. The van der Waals surface area contributed by atoms with Crippen LogP contribution >= 0.6 is 22.7 Å². The van der Waals surface area contributed by atoms with Gasteiger partial charge in [-0.15, -0.1) is 22.7 Å². The number of fused-ring (bicyclic) bond motifs is 28. The maximum absolute atomic E-state index is 2.56. The maximum Gasteiger partial charge on any atom is 0.0740 e. The molecule has 0 aliphatic heterocycles. The summed E-state index contributed by atoms with van der Waals surface area (Å²) < 4.78 is 2.63. The Balaban J connectivity index is 0.642. The van der Waals surface area contributed by atoms with Gasteiger partial charge in [0, 0.05) is 52.9 Å². The van der Waals surface area contributed by atoms with Crippen molar-refractivity contribution in [2.24, 2.45) is 0 Å². The molecule has 0 amide bonds. The van der Waals surface area contributed by atoms with Gasteiger partial charge in [-0.25, -0.2) is 0 Å². The Bertz CT molecular complexity index is 6970. The predicted octanol–water partition coefficient (Wildman–Crippen LogP) is 28.6. The molecule has 4 heteroatoms. The minimum absolute atomic E-state index is 0.507. The minimum Gasteiger partial charge on any atom is -0.310 e. The number of hydrogen-bond donors (Lipinski definition) is 0. The van der Waals surface area contributed by atoms with Gasteiger partial charge in [0.1, 0.15) is 0 Å². The van der Waals surface area contributed by atoms with E-state index in [2.05, 4.69) is 410 Å². The van der Waals surface area contributed by atoms with Crippen LogP contribution < -0.4 is 9.80 Å². The highest BCUT2D eigenvalue weighted by atomic mass is 32.1. The zero-order chi connectivity index (χ0) is 72.7. The van der Waals surface area contributed by atoms with E-state index in [1.165, 1.54) is 152 Å². The lowest BCUT2D eigenvalue weighted by atomic mass is 9.67.